The van der Waals surface area contributed by atoms with E-state index >= 15 is 0 Å². The van der Waals surface area contributed by atoms with E-state index in [0.29, 0.717) is 21.1 Å². The number of rotatable bonds is 2. The molecule has 3 aromatic heterocycles. The summed E-state index contributed by atoms with van der Waals surface area (Å²) in [5, 5.41) is 4.21. The van der Waals surface area contributed by atoms with E-state index < -0.39 is 0 Å². The number of nitrogens with zero attached hydrogens (tertiary/aromatic N) is 3. The van der Waals surface area contributed by atoms with Gasteiger partial charge in [0, 0.05) is 4.47 Å². The Morgan fingerprint density at radius 3 is 2.73 bits per heavy atom. The molecule has 4 aromatic rings. The number of hydrogen-bond donors (Lipinski definition) is 0. The molecule has 3 heterocycles. The Morgan fingerprint density at radius 1 is 1.23 bits per heavy atom. The molecule has 0 amide bonds. The van der Waals surface area contributed by atoms with Gasteiger partial charge < -0.3 is 4.42 Å². The predicted octanol–water partition coefficient (Wildman–Crippen LogP) is 2.72. The smallest absolute Gasteiger partial charge is 0.291 e. The fraction of sp³-hybridized carbons (Fsp3) is 0. The number of aromatic nitrogens is 3. The highest BCUT2D eigenvalue weighted by molar-refractivity contribution is 9.10. The molecule has 4 rings (SSSR count). The second-order valence-corrected chi connectivity index (χ2v) is 6.50. The molecule has 0 aliphatic heterocycles. The third-order valence-electron chi connectivity index (χ3n) is 3.09. The van der Waals surface area contributed by atoms with Crippen molar-refractivity contribution in [1.29, 1.82) is 0 Å². The van der Waals surface area contributed by atoms with Crippen molar-refractivity contribution in [2.75, 3.05) is 0 Å². The maximum atomic E-state index is 12.4. The van der Waals surface area contributed by atoms with Crippen molar-refractivity contribution in [3.63, 3.8) is 0 Å². The van der Waals surface area contributed by atoms with Crippen LogP contribution < -0.4 is 10.1 Å². The molecule has 0 spiro atoms. The van der Waals surface area contributed by atoms with E-state index in [1.807, 2.05) is 30.3 Å². The average molecular weight is 374 g/mol. The van der Waals surface area contributed by atoms with Crippen molar-refractivity contribution in [2.45, 2.75) is 0 Å². The van der Waals surface area contributed by atoms with Crippen LogP contribution in [0.3, 0.4) is 0 Å². The van der Waals surface area contributed by atoms with E-state index in [0.717, 1.165) is 10.0 Å². The van der Waals surface area contributed by atoms with Gasteiger partial charge in [-0.1, -0.05) is 39.4 Å². The molecule has 0 atom stereocenters. The van der Waals surface area contributed by atoms with Gasteiger partial charge in [-0.25, -0.2) is 0 Å². The summed E-state index contributed by atoms with van der Waals surface area (Å²) in [5.74, 6) is 0.970. The first-order chi connectivity index (χ1) is 10.7. The number of halogens is 1. The molecule has 0 saturated carbocycles. The number of hydrogen-bond acceptors (Lipinski definition) is 5. The van der Waals surface area contributed by atoms with Crippen LogP contribution in [-0.4, -0.2) is 14.6 Å². The van der Waals surface area contributed by atoms with Crippen molar-refractivity contribution in [3.8, 4) is 11.6 Å². The molecule has 0 saturated heterocycles. The lowest BCUT2D eigenvalue weighted by atomic mass is 10.2. The predicted molar refractivity (Wildman–Crippen MR) is 87.8 cm³/mol. The van der Waals surface area contributed by atoms with Gasteiger partial charge in [-0.3, -0.25) is 4.79 Å². The van der Waals surface area contributed by atoms with Gasteiger partial charge in [0.05, 0.1) is 10.8 Å². The first-order valence-electron chi connectivity index (χ1n) is 6.41. The fourth-order valence-corrected chi connectivity index (χ4v) is 3.23. The first-order valence-corrected chi connectivity index (χ1v) is 8.02. The van der Waals surface area contributed by atoms with Crippen molar-refractivity contribution < 1.29 is 4.42 Å². The number of furan rings is 1. The zero-order valence-corrected chi connectivity index (χ0v) is 13.5. The van der Waals surface area contributed by atoms with E-state index in [2.05, 4.69) is 26.0 Å². The molecule has 0 bridgehead atoms. The van der Waals surface area contributed by atoms with E-state index in [1.54, 1.807) is 18.4 Å². The summed E-state index contributed by atoms with van der Waals surface area (Å²) in [7, 11) is 0. The molecule has 22 heavy (non-hydrogen) atoms. The van der Waals surface area contributed by atoms with Crippen LogP contribution in [0.15, 0.2) is 56.3 Å². The van der Waals surface area contributed by atoms with Crippen LogP contribution in [0.1, 0.15) is 5.56 Å². The third kappa shape index (κ3) is 2.28. The Kier molecular flexibility index (Phi) is 3.16. The summed E-state index contributed by atoms with van der Waals surface area (Å²) < 4.78 is 8.16. The Morgan fingerprint density at radius 2 is 2.05 bits per heavy atom. The maximum absolute atomic E-state index is 12.4. The van der Waals surface area contributed by atoms with Crippen molar-refractivity contribution in [2.24, 2.45) is 0 Å². The van der Waals surface area contributed by atoms with Crippen LogP contribution in [0, 0.1) is 0 Å². The topological polar surface area (TPSA) is 60.4 Å². The zero-order valence-electron chi connectivity index (χ0n) is 11.1. The summed E-state index contributed by atoms with van der Waals surface area (Å²) in [6, 6.07) is 11.3. The minimum Gasteiger partial charge on any atom is -0.461 e. The van der Waals surface area contributed by atoms with Crippen LogP contribution in [0.5, 0.6) is 0 Å². The van der Waals surface area contributed by atoms with Crippen LogP contribution in [-0.2, 0) is 0 Å². The lowest BCUT2D eigenvalue weighted by molar-refractivity contribution is 0.577. The van der Waals surface area contributed by atoms with Crippen molar-refractivity contribution in [3.05, 3.63) is 67.6 Å². The lowest BCUT2D eigenvalue weighted by Gasteiger charge is -1.91. The minimum atomic E-state index is -0.173. The standard InChI is InChI=1S/C15H8BrN3O2S/c16-10-5-3-9(4-6-10)8-12-14(20)19-15(22-12)17-13(18-19)11-2-1-7-21-11/h1-8H. The van der Waals surface area contributed by atoms with Crippen LogP contribution in [0.4, 0.5) is 0 Å². The number of fused-ring (bicyclic) bond motifs is 1. The molecule has 0 radical (unpaired) electrons. The van der Waals surface area contributed by atoms with Gasteiger partial charge >= 0.3 is 0 Å². The van der Waals surface area contributed by atoms with E-state index in [-0.39, 0.29) is 5.56 Å². The zero-order chi connectivity index (χ0) is 15.1. The van der Waals surface area contributed by atoms with Gasteiger partial charge in [0.15, 0.2) is 5.76 Å². The summed E-state index contributed by atoms with van der Waals surface area (Å²) >= 11 is 4.70. The van der Waals surface area contributed by atoms with Gasteiger partial charge in [0.25, 0.3) is 5.56 Å². The number of thiazole rings is 1. The quantitative estimate of drug-likeness (QED) is 0.541. The highest BCUT2D eigenvalue weighted by atomic mass is 79.9. The SMILES string of the molecule is O=c1c(=Cc2ccc(Br)cc2)sc2nc(-c3ccco3)nn12. The van der Waals surface area contributed by atoms with Gasteiger partial charge in [0.1, 0.15) is 0 Å². The molecule has 0 fully saturated rings. The molecule has 0 unspecified atom stereocenters. The van der Waals surface area contributed by atoms with Crippen molar-refractivity contribution in [1.82, 2.24) is 14.6 Å². The molecule has 7 heteroatoms. The van der Waals surface area contributed by atoms with Gasteiger partial charge in [-0.2, -0.15) is 9.50 Å². The highest BCUT2D eigenvalue weighted by Gasteiger charge is 2.13. The molecular weight excluding hydrogens is 366 g/mol. The number of benzene rings is 1. The summed E-state index contributed by atoms with van der Waals surface area (Å²) in [6.45, 7) is 0. The van der Waals surface area contributed by atoms with Gasteiger partial charge in [-0.15, -0.1) is 5.10 Å². The maximum Gasteiger partial charge on any atom is 0.291 e. The third-order valence-corrected chi connectivity index (χ3v) is 4.58. The largest absolute Gasteiger partial charge is 0.461 e. The first kappa shape index (κ1) is 13.4. The van der Waals surface area contributed by atoms with Gasteiger partial charge in [-0.05, 0) is 35.9 Å². The van der Waals surface area contributed by atoms with Crippen LogP contribution in [0.25, 0.3) is 22.6 Å². The molecule has 108 valence electrons. The van der Waals surface area contributed by atoms with Crippen LogP contribution >= 0.6 is 27.3 Å². The fourth-order valence-electron chi connectivity index (χ4n) is 2.05. The Labute approximate surface area is 136 Å². The molecule has 1 aromatic carbocycles. The van der Waals surface area contributed by atoms with E-state index in [4.69, 9.17) is 4.42 Å². The monoisotopic (exact) mass is 373 g/mol. The molecule has 0 aliphatic carbocycles. The molecule has 0 aliphatic rings. The molecule has 0 N–H and O–H groups in total. The van der Waals surface area contributed by atoms with Gasteiger partial charge in [0.2, 0.25) is 10.8 Å². The van der Waals surface area contributed by atoms with E-state index in [9.17, 15) is 4.79 Å². The Balaban J connectivity index is 1.84. The van der Waals surface area contributed by atoms with E-state index in [1.165, 1.54) is 15.9 Å². The molecular formula is C15H8BrN3O2S. The highest BCUT2D eigenvalue weighted by Crippen LogP contribution is 2.16. The normalized spacial score (nSPS) is 12.3. The van der Waals surface area contributed by atoms with Crippen LogP contribution in [0.2, 0.25) is 0 Å². The second-order valence-electron chi connectivity index (χ2n) is 4.57. The lowest BCUT2D eigenvalue weighted by Crippen LogP contribution is -2.23. The molecule has 5 nitrogen and oxygen atoms in total. The Hall–Kier alpha value is -2.25. The minimum absolute atomic E-state index is 0.173. The summed E-state index contributed by atoms with van der Waals surface area (Å²) in [6.07, 6.45) is 3.39. The second kappa shape index (κ2) is 5.19. The summed E-state index contributed by atoms with van der Waals surface area (Å²) in [5.41, 5.74) is 0.782. The summed E-state index contributed by atoms with van der Waals surface area (Å²) in [4.78, 5) is 17.3. The Bertz CT molecular complexity index is 1050. The van der Waals surface area contributed by atoms with Crippen molar-refractivity contribution >= 4 is 38.3 Å². The average Bonchev–Trinajstić information content (AvgIpc) is 3.20.